The van der Waals surface area contributed by atoms with E-state index in [0.29, 0.717) is 13.2 Å². The van der Waals surface area contributed by atoms with E-state index in [2.05, 4.69) is 27.8 Å². The topological polar surface area (TPSA) is 45.7 Å². The molecule has 2 aliphatic heterocycles. The molecule has 2 heterocycles. The summed E-state index contributed by atoms with van der Waals surface area (Å²) in [5, 5.41) is 6.25. The number of ether oxygens (including phenoxy) is 1. The molecule has 1 atom stereocenters. The third-order valence-electron chi connectivity index (χ3n) is 2.98. The summed E-state index contributed by atoms with van der Waals surface area (Å²) in [6, 6.07) is 10.1. The lowest BCUT2D eigenvalue weighted by atomic mass is 10.1. The van der Waals surface area contributed by atoms with Crippen molar-refractivity contribution in [1.82, 2.24) is 10.6 Å². The molecule has 5 heteroatoms. The molecule has 1 aromatic rings. The van der Waals surface area contributed by atoms with E-state index in [0.717, 1.165) is 22.7 Å². The van der Waals surface area contributed by atoms with Crippen molar-refractivity contribution in [1.29, 1.82) is 0 Å². The quantitative estimate of drug-likeness (QED) is 0.642. The fourth-order valence-electron chi connectivity index (χ4n) is 2.03. The van der Waals surface area contributed by atoms with Crippen LogP contribution in [-0.4, -0.2) is 18.1 Å². The minimum atomic E-state index is -0.351. The van der Waals surface area contributed by atoms with Crippen LogP contribution in [0, 0.1) is 0 Å². The highest BCUT2D eigenvalue weighted by molar-refractivity contribution is 6.22. The first-order valence-corrected chi connectivity index (χ1v) is 6.54. The van der Waals surface area contributed by atoms with E-state index in [1.807, 2.05) is 24.3 Å². The minimum absolute atomic E-state index is 0.351. The molecular weight excluding hydrogens is 262 g/mol. The minimum Gasteiger partial charge on any atom is -0.496 e. The fourth-order valence-corrected chi connectivity index (χ4v) is 2.25. The number of hydrogen-bond acceptors (Lipinski definition) is 3. The van der Waals surface area contributed by atoms with Gasteiger partial charge in [0.05, 0.1) is 18.4 Å². The monoisotopic (exact) mass is 275 g/mol. The first-order chi connectivity index (χ1) is 9.33. The molecule has 0 amide bonds. The lowest BCUT2D eigenvalue weighted by Crippen LogP contribution is -2.48. The average molecular weight is 276 g/mol. The number of benzene rings is 1. The highest BCUT2D eigenvalue weighted by Gasteiger charge is 2.23. The Morgan fingerprint density at radius 2 is 2.11 bits per heavy atom. The maximum atomic E-state index is 6.10. The van der Waals surface area contributed by atoms with Gasteiger partial charge in [-0.25, -0.2) is 0 Å². The Hall–Kier alpha value is -1.94. The van der Waals surface area contributed by atoms with Crippen LogP contribution in [0.3, 0.4) is 0 Å². The van der Waals surface area contributed by atoms with E-state index in [1.165, 1.54) is 0 Å². The average Bonchev–Trinajstić information content (AvgIpc) is 2.45. The number of nitrogens with zero attached hydrogens (tertiary/aromatic N) is 1. The van der Waals surface area contributed by atoms with Gasteiger partial charge in [-0.15, -0.1) is 0 Å². The molecule has 0 bridgehead atoms. The van der Waals surface area contributed by atoms with Crippen molar-refractivity contribution in [3.05, 3.63) is 59.5 Å². The summed E-state index contributed by atoms with van der Waals surface area (Å²) in [4.78, 5) is 4.60. The molecule has 0 aliphatic carbocycles. The van der Waals surface area contributed by atoms with Crippen LogP contribution in [0.25, 0.3) is 0 Å². The summed E-state index contributed by atoms with van der Waals surface area (Å²) in [7, 11) is 0. The molecule has 0 aromatic heterocycles. The van der Waals surface area contributed by atoms with Crippen LogP contribution in [0.15, 0.2) is 58.9 Å². The van der Waals surface area contributed by atoms with Crippen LogP contribution >= 0.6 is 11.6 Å². The molecule has 2 N–H and O–H groups in total. The van der Waals surface area contributed by atoms with Crippen molar-refractivity contribution in [2.75, 3.05) is 6.61 Å². The highest BCUT2D eigenvalue weighted by atomic mass is 35.5. The van der Waals surface area contributed by atoms with Crippen molar-refractivity contribution in [2.24, 2.45) is 4.99 Å². The van der Waals surface area contributed by atoms with Crippen LogP contribution in [0.2, 0.25) is 0 Å². The second-order valence-corrected chi connectivity index (χ2v) is 4.74. The Morgan fingerprint density at radius 1 is 1.26 bits per heavy atom. The van der Waals surface area contributed by atoms with Gasteiger partial charge in [0.1, 0.15) is 12.4 Å². The number of nitrogens with one attached hydrogen (secondary N) is 2. The van der Waals surface area contributed by atoms with Gasteiger partial charge in [0.15, 0.2) is 5.62 Å². The van der Waals surface area contributed by atoms with E-state index < -0.39 is 0 Å². The van der Waals surface area contributed by atoms with Crippen LogP contribution in [0.4, 0.5) is 0 Å². The van der Waals surface area contributed by atoms with Crippen LogP contribution in [0.1, 0.15) is 5.56 Å². The summed E-state index contributed by atoms with van der Waals surface area (Å²) < 4.78 is 5.31. The van der Waals surface area contributed by atoms with Crippen molar-refractivity contribution in [2.45, 2.75) is 12.2 Å². The molecule has 1 aromatic carbocycles. The molecular formula is C14H14ClN3O. The Labute approximate surface area is 116 Å². The zero-order chi connectivity index (χ0) is 13.1. The molecule has 3 rings (SSSR count). The number of hydrogen-bond donors (Lipinski definition) is 2. The molecule has 0 saturated carbocycles. The van der Waals surface area contributed by atoms with Gasteiger partial charge in [0.25, 0.3) is 0 Å². The molecule has 0 saturated heterocycles. The van der Waals surface area contributed by atoms with E-state index in [9.17, 15) is 0 Å². The summed E-state index contributed by atoms with van der Waals surface area (Å²) in [5.41, 5.74) is 2.79. The predicted molar refractivity (Wildman–Crippen MR) is 75.6 cm³/mol. The normalized spacial score (nSPS) is 23.4. The lowest BCUT2D eigenvalue weighted by Gasteiger charge is -2.29. The van der Waals surface area contributed by atoms with Gasteiger partial charge in [-0.3, -0.25) is 4.99 Å². The second-order valence-electron chi connectivity index (χ2n) is 4.31. The van der Waals surface area contributed by atoms with Gasteiger partial charge in [-0.2, -0.15) is 0 Å². The zero-order valence-electron chi connectivity index (χ0n) is 10.3. The lowest BCUT2D eigenvalue weighted by molar-refractivity contribution is 0.275. The summed E-state index contributed by atoms with van der Waals surface area (Å²) in [6.45, 7) is 1.12. The van der Waals surface area contributed by atoms with Crippen LogP contribution < -0.4 is 10.6 Å². The van der Waals surface area contributed by atoms with Crippen molar-refractivity contribution >= 4 is 17.4 Å². The smallest absolute Gasteiger partial charge is 0.176 e. The third kappa shape index (κ3) is 2.74. The number of alkyl halides is 1. The Bertz CT molecular complexity index is 551. The summed E-state index contributed by atoms with van der Waals surface area (Å²) in [6.07, 6.45) is 3.53. The molecule has 0 fully saturated rings. The Kier molecular flexibility index (Phi) is 3.42. The van der Waals surface area contributed by atoms with E-state index in [-0.39, 0.29) is 5.62 Å². The van der Waals surface area contributed by atoms with Gasteiger partial charge >= 0.3 is 0 Å². The second kappa shape index (κ2) is 5.36. The van der Waals surface area contributed by atoms with Gasteiger partial charge < -0.3 is 15.4 Å². The highest BCUT2D eigenvalue weighted by Crippen LogP contribution is 2.17. The van der Waals surface area contributed by atoms with E-state index in [4.69, 9.17) is 16.3 Å². The number of aliphatic imine (C=N–C) groups is 1. The van der Waals surface area contributed by atoms with Crippen molar-refractivity contribution < 1.29 is 4.74 Å². The molecule has 1 unspecified atom stereocenters. The van der Waals surface area contributed by atoms with E-state index in [1.54, 1.807) is 6.26 Å². The van der Waals surface area contributed by atoms with Gasteiger partial charge in [0.2, 0.25) is 0 Å². The number of rotatable bonds is 2. The first kappa shape index (κ1) is 12.1. The molecule has 98 valence electrons. The van der Waals surface area contributed by atoms with Crippen LogP contribution in [0.5, 0.6) is 0 Å². The Balaban J connectivity index is 1.84. The number of halogens is 1. The van der Waals surface area contributed by atoms with Crippen molar-refractivity contribution in [3.63, 3.8) is 0 Å². The first-order valence-electron chi connectivity index (χ1n) is 6.10. The Morgan fingerprint density at radius 3 is 2.95 bits per heavy atom. The third-order valence-corrected chi connectivity index (χ3v) is 3.20. The molecule has 4 nitrogen and oxygen atoms in total. The molecule has 0 radical (unpaired) electrons. The maximum Gasteiger partial charge on any atom is 0.176 e. The van der Waals surface area contributed by atoms with Crippen LogP contribution in [-0.2, 0) is 11.3 Å². The van der Waals surface area contributed by atoms with E-state index >= 15 is 0 Å². The van der Waals surface area contributed by atoms with Gasteiger partial charge in [0, 0.05) is 5.70 Å². The van der Waals surface area contributed by atoms with Crippen molar-refractivity contribution in [3.8, 4) is 0 Å². The molecule has 19 heavy (non-hydrogen) atoms. The zero-order valence-corrected chi connectivity index (χ0v) is 11.0. The molecule has 0 spiro atoms. The fraction of sp³-hybridized carbons (Fsp3) is 0.214. The number of amidine groups is 1. The van der Waals surface area contributed by atoms with Gasteiger partial charge in [-0.1, -0.05) is 41.9 Å². The van der Waals surface area contributed by atoms with Gasteiger partial charge in [-0.05, 0) is 11.6 Å². The largest absolute Gasteiger partial charge is 0.496 e. The number of allylic oxidation sites excluding steroid dienone is 1. The summed E-state index contributed by atoms with van der Waals surface area (Å²) >= 11 is 6.10. The summed E-state index contributed by atoms with van der Waals surface area (Å²) in [5.74, 6) is 0.793. The standard InChI is InChI=1S/C14H14ClN3O/c15-14-17-12-6-7-19-9-11(12)13(18-14)16-8-10-4-2-1-3-5-10/h1-7,14,17H,8-9H2,(H,16,18). The SMILES string of the molecule is ClC1NC(=NCc2ccccc2)C2=C(C=COC2)N1. The maximum absolute atomic E-state index is 6.10. The predicted octanol–water partition coefficient (Wildman–Crippen LogP) is 2.10. The molecule has 2 aliphatic rings.